The standard InChI is InChI=1S/C14H26ClNO2/c1-16(11-5-2-4-10-15)14(17)9-8-13-7-3-6-12-18-13/h13H,2-12H2,1H3. The SMILES string of the molecule is CN(CCCCCCl)C(=O)CCC1CCCCO1. The number of alkyl halides is 1. The number of unbranched alkanes of at least 4 members (excludes halogenated alkanes) is 2. The van der Waals surface area contributed by atoms with Gasteiger partial charge in [0, 0.05) is 32.5 Å². The first-order valence-electron chi connectivity index (χ1n) is 7.15. The van der Waals surface area contributed by atoms with Gasteiger partial charge in [0.05, 0.1) is 6.10 Å². The molecule has 3 nitrogen and oxygen atoms in total. The molecule has 1 aliphatic rings. The number of carbonyl (C=O) groups excluding carboxylic acids is 1. The molecule has 0 radical (unpaired) electrons. The van der Waals surface area contributed by atoms with Crippen LogP contribution in [-0.2, 0) is 9.53 Å². The van der Waals surface area contributed by atoms with Gasteiger partial charge in [-0.3, -0.25) is 4.79 Å². The number of nitrogens with zero attached hydrogens (tertiary/aromatic N) is 1. The average Bonchev–Trinajstić information content (AvgIpc) is 2.42. The summed E-state index contributed by atoms with van der Waals surface area (Å²) in [6.07, 6.45) is 8.54. The predicted octanol–water partition coefficient (Wildman–Crippen LogP) is 3.20. The lowest BCUT2D eigenvalue weighted by atomic mass is 10.0. The zero-order chi connectivity index (χ0) is 13.2. The maximum Gasteiger partial charge on any atom is 0.222 e. The molecule has 0 saturated carbocycles. The van der Waals surface area contributed by atoms with E-state index in [4.69, 9.17) is 16.3 Å². The van der Waals surface area contributed by atoms with E-state index in [2.05, 4.69) is 0 Å². The summed E-state index contributed by atoms with van der Waals surface area (Å²) in [5, 5.41) is 0. The molecule has 1 rings (SSSR count). The Morgan fingerprint density at radius 2 is 2.17 bits per heavy atom. The van der Waals surface area contributed by atoms with Crippen molar-refractivity contribution in [3.8, 4) is 0 Å². The number of amides is 1. The fraction of sp³-hybridized carbons (Fsp3) is 0.929. The van der Waals surface area contributed by atoms with Crippen LogP contribution in [0.15, 0.2) is 0 Å². The van der Waals surface area contributed by atoms with Crippen LogP contribution in [-0.4, -0.2) is 43.0 Å². The van der Waals surface area contributed by atoms with Gasteiger partial charge in [-0.25, -0.2) is 0 Å². The average molecular weight is 276 g/mol. The Morgan fingerprint density at radius 1 is 1.33 bits per heavy atom. The van der Waals surface area contributed by atoms with Gasteiger partial charge in [-0.05, 0) is 38.5 Å². The van der Waals surface area contributed by atoms with Crippen molar-refractivity contribution in [2.24, 2.45) is 0 Å². The minimum atomic E-state index is 0.245. The summed E-state index contributed by atoms with van der Waals surface area (Å²) in [6, 6.07) is 0. The lowest BCUT2D eigenvalue weighted by Gasteiger charge is -2.23. The highest BCUT2D eigenvalue weighted by Gasteiger charge is 2.16. The number of rotatable bonds is 8. The third kappa shape index (κ3) is 6.60. The van der Waals surface area contributed by atoms with Crippen molar-refractivity contribution >= 4 is 17.5 Å². The van der Waals surface area contributed by atoms with Crippen LogP contribution in [0.4, 0.5) is 0 Å². The molecule has 0 bridgehead atoms. The van der Waals surface area contributed by atoms with Gasteiger partial charge in [0.2, 0.25) is 5.91 Å². The van der Waals surface area contributed by atoms with Crippen molar-refractivity contribution in [1.29, 1.82) is 0 Å². The first kappa shape index (κ1) is 15.8. The number of ether oxygens (including phenoxy) is 1. The molecule has 1 amide bonds. The van der Waals surface area contributed by atoms with E-state index in [1.807, 2.05) is 11.9 Å². The van der Waals surface area contributed by atoms with E-state index in [1.165, 1.54) is 12.8 Å². The van der Waals surface area contributed by atoms with Gasteiger partial charge in [-0.1, -0.05) is 6.42 Å². The Hall–Kier alpha value is -0.280. The molecule has 1 unspecified atom stereocenters. The minimum Gasteiger partial charge on any atom is -0.378 e. The van der Waals surface area contributed by atoms with E-state index in [9.17, 15) is 4.79 Å². The first-order valence-corrected chi connectivity index (χ1v) is 7.69. The van der Waals surface area contributed by atoms with Crippen LogP contribution in [0.3, 0.4) is 0 Å². The summed E-state index contributed by atoms with van der Waals surface area (Å²) >= 11 is 5.62. The molecular weight excluding hydrogens is 250 g/mol. The van der Waals surface area contributed by atoms with E-state index in [1.54, 1.807) is 0 Å². The maximum absolute atomic E-state index is 11.9. The van der Waals surface area contributed by atoms with Gasteiger partial charge in [-0.15, -0.1) is 11.6 Å². The third-order valence-corrected chi connectivity index (χ3v) is 3.77. The number of carbonyl (C=O) groups is 1. The molecular formula is C14H26ClNO2. The molecule has 1 aliphatic heterocycles. The molecule has 106 valence electrons. The van der Waals surface area contributed by atoms with E-state index >= 15 is 0 Å². The van der Waals surface area contributed by atoms with Gasteiger partial charge in [0.1, 0.15) is 0 Å². The van der Waals surface area contributed by atoms with Crippen molar-refractivity contribution in [2.45, 2.75) is 57.5 Å². The molecule has 1 fully saturated rings. The van der Waals surface area contributed by atoms with Crippen molar-refractivity contribution in [2.75, 3.05) is 26.1 Å². The van der Waals surface area contributed by atoms with Crippen LogP contribution in [0.25, 0.3) is 0 Å². The quantitative estimate of drug-likeness (QED) is 0.503. The van der Waals surface area contributed by atoms with Gasteiger partial charge in [0.15, 0.2) is 0 Å². The monoisotopic (exact) mass is 275 g/mol. The normalized spacial score (nSPS) is 19.8. The second-order valence-electron chi connectivity index (χ2n) is 5.09. The van der Waals surface area contributed by atoms with Crippen LogP contribution >= 0.6 is 11.6 Å². The number of halogens is 1. The summed E-state index contributed by atoms with van der Waals surface area (Å²) in [7, 11) is 1.89. The topological polar surface area (TPSA) is 29.5 Å². The fourth-order valence-electron chi connectivity index (χ4n) is 2.26. The fourth-order valence-corrected chi connectivity index (χ4v) is 2.44. The smallest absolute Gasteiger partial charge is 0.222 e. The molecule has 0 aliphatic carbocycles. The Labute approximate surface area is 116 Å². The molecule has 18 heavy (non-hydrogen) atoms. The lowest BCUT2D eigenvalue weighted by molar-refractivity contribution is -0.131. The van der Waals surface area contributed by atoms with E-state index in [-0.39, 0.29) is 5.91 Å². The van der Waals surface area contributed by atoms with Crippen molar-refractivity contribution < 1.29 is 9.53 Å². The summed E-state index contributed by atoms with van der Waals surface area (Å²) in [6.45, 7) is 1.72. The highest BCUT2D eigenvalue weighted by atomic mass is 35.5. The highest BCUT2D eigenvalue weighted by Crippen LogP contribution is 2.17. The predicted molar refractivity (Wildman–Crippen MR) is 75.0 cm³/mol. The van der Waals surface area contributed by atoms with Crippen molar-refractivity contribution in [3.05, 3.63) is 0 Å². The molecule has 0 aromatic rings. The highest BCUT2D eigenvalue weighted by molar-refractivity contribution is 6.17. The summed E-state index contributed by atoms with van der Waals surface area (Å²) in [5.41, 5.74) is 0. The van der Waals surface area contributed by atoms with E-state index < -0.39 is 0 Å². The Kier molecular flexibility index (Phi) is 8.44. The van der Waals surface area contributed by atoms with Gasteiger partial charge < -0.3 is 9.64 Å². The van der Waals surface area contributed by atoms with Gasteiger partial charge in [0.25, 0.3) is 0 Å². The largest absolute Gasteiger partial charge is 0.378 e. The molecule has 1 atom stereocenters. The zero-order valence-corrected chi connectivity index (χ0v) is 12.3. The number of hydrogen-bond donors (Lipinski definition) is 0. The Morgan fingerprint density at radius 3 is 2.83 bits per heavy atom. The van der Waals surface area contributed by atoms with E-state index in [0.717, 1.165) is 51.1 Å². The van der Waals surface area contributed by atoms with E-state index in [0.29, 0.717) is 12.5 Å². The Bertz CT molecular complexity index is 230. The summed E-state index contributed by atoms with van der Waals surface area (Å²) in [4.78, 5) is 13.7. The molecule has 1 saturated heterocycles. The van der Waals surface area contributed by atoms with Crippen molar-refractivity contribution in [3.63, 3.8) is 0 Å². The van der Waals surface area contributed by atoms with Crippen LogP contribution in [0.5, 0.6) is 0 Å². The lowest BCUT2D eigenvalue weighted by Crippen LogP contribution is -2.29. The van der Waals surface area contributed by atoms with Crippen LogP contribution in [0.2, 0.25) is 0 Å². The second-order valence-corrected chi connectivity index (χ2v) is 5.47. The minimum absolute atomic E-state index is 0.245. The summed E-state index contributed by atoms with van der Waals surface area (Å²) in [5.74, 6) is 0.964. The Balaban J connectivity index is 2.07. The van der Waals surface area contributed by atoms with Crippen LogP contribution in [0, 0.1) is 0 Å². The zero-order valence-electron chi connectivity index (χ0n) is 11.5. The van der Waals surface area contributed by atoms with Crippen LogP contribution < -0.4 is 0 Å². The molecule has 1 heterocycles. The van der Waals surface area contributed by atoms with Crippen LogP contribution in [0.1, 0.15) is 51.4 Å². The van der Waals surface area contributed by atoms with Gasteiger partial charge in [-0.2, -0.15) is 0 Å². The molecule has 0 spiro atoms. The summed E-state index contributed by atoms with van der Waals surface area (Å²) < 4.78 is 5.64. The first-order chi connectivity index (χ1) is 8.74. The second kappa shape index (κ2) is 9.62. The molecule has 0 N–H and O–H groups in total. The maximum atomic E-state index is 11.9. The molecule has 0 aromatic carbocycles. The van der Waals surface area contributed by atoms with Crippen molar-refractivity contribution in [1.82, 2.24) is 4.90 Å². The molecule has 0 aromatic heterocycles. The third-order valence-electron chi connectivity index (χ3n) is 3.51. The molecule has 4 heteroatoms. The number of hydrogen-bond acceptors (Lipinski definition) is 2. The van der Waals surface area contributed by atoms with Gasteiger partial charge >= 0.3 is 0 Å².